The number of nitrogens with zero attached hydrogens (tertiary/aromatic N) is 1. The fraction of sp³-hybridized carbons (Fsp3) is 0.355. The van der Waals surface area contributed by atoms with E-state index in [1.54, 1.807) is 64.1 Å². The first-order valence-corrected chi connectivity index (χ1v) is 15.1. The van der Waals surface area contributed by atoms with Gasteiger partial charge in [0.1, 0.15) is 5.60 Å². The van der Waals surface area contributed by atoms with Gasteiger partial charge in [0.05, 0.1) is 34.6 Å². The molecule has 2 atom stereocenters. The van der Waals surface area contributed by atoms with Crippen LogP contribution in [0.4, 0.5) is 4.79 Å². The van der Waals surface area contributed by atoms with E-state index in [1.807, 2.05) is 6.92 Å². The monoisotopic (exact) mass is 601 g/mol. The Labute approximate surface area is 246 Å². The van der Waals surface area contributed by atoms with E-state index in [9.17, 15) is 23.1 Å². The van der Waals surface area contributed by atoms with E-state index in [0.29, 0.717) is 17.0 Å². The molecule has 0 fully saturated rings. The van der Waals surface area contributed by atoms with Gasteiger partial charge in [-0.25, -0.2) is 18.0 Å². The Bertz CT molecular complexity index is 1450. The molecule has 8 nitrogen and oxygen atoms in total. The van der Waals surface area contributed by atoms with Gasteiger partial charge in [-0.3, -0.25) is 0 Å². The van der Waals surface area contributed by atoms with Crippen molar-refractivity contribution in [2.45, 2.75) is 68.6 Å². The number of benzene rings is 3. The molecule has 0 saturated carbocycles. The maximum absolute atomic E-state index is 13.2. The summed E-state index contributed by atoms with van der Waals surface area (Å²) < 4.78 is 36.9. The zero-order valence-corrected chi connectivity index (χ0v) is 25.4. The minimum atomic E-state index is -3.82. The standard InChI is InChI=1S/C31H36ClNO7S/c1-6-39-29(35)23-12-16-27(17-13-23)41(37,38)26-14-10-22(11-15-26)18-21(2)33(30(36)40-31(3,4)5)20-28(34)24-8-7-9-25(32)19-24/h7-17,19,21,28,34H,6,18,20H2,1-5H3/t21-,28+/m1/s1. The number of halogens is 1. The summed E-state index contributed by atoms with van der Waals surface area (Å²) >= 11 is 6.08. The van der Waals surface area contributed by atoms with Gasteiger partial charge in [0, 0.05) is 11.1 Å². The van der Waals surface area contributed by atoms with Crippen molar-refractivity contribution in [2.75, 3.05) is 13.2 Å². The van der Waals surface area contributed by atoms with E-state index in [1.165, 1.54) is 41.3 Å². The highest BCUT2D eigenvalue weighted by Gasteiger charge is 2.29. The van der Waals surface area contributed by atoms with Gasteiger partial charge in [-0.1, -0.05) is 35.9 Å². The minimum absolute atomic E-state index is 0.0231. The molecule has 41 heavy (non-hydrogen) atoms. The number of esters is 1. The van der Waals surface area contributed by atoms with Crippen molar-refractivity contribution in [3.63, 3.8) is 0 Å². The van der Waals surface area contributed by atoms with Crippen LogP contribution in [0.5, 0.6) is 0 Å². The smallest absolute Gasteiger partial charge is 0.410 e. The van der Waals surface area contributed by atoms with Crippen LogP contribution in [-0.4, -0.2) is 55.3 Å². The Balaban J connectivity index is 1.78. The summed E-state index contributed by atoms with van der Waals surface area (Å²) in [5, 5.41) is 11.4. The Morgan fingerprint density at radius 3 is 2.10 bits per heavy atom. The zero-order chi connectivity index (χ0) is 30.4. The fourth-order valence-electron chi connectivity index (χ4n) is 4.14. The van der Waals surface area contributed by atoms with Crippen LogP contribution in [0.25, 0.3) is 0 Å². The second-order valence-electron chi connectivity index (χ2n) is 10.6. The number of sulfone groups is 1. The molecule has 220 valence electrons. The van der Waals surface area contributed by atoms with Crippen LogP contribution in [0.15, 0.2) is 82.6 Å². The van der Waals surface area contributed by atoms with Crippen LogP contribution < -0.4 is 0 Å². The summed E-state index contributed by atoms with van der Waals surface area (Å²) in [6.45, 7) is 9.04. The predicted molar refractivity (Wildman–Crippen MR) is 157 cm³/mol. The van der Waals surface area contributed by atoms with Crippen LogP contribution >= 0.6 is 11.6 Å². The molecule has 0 aliphatic heterocycles. The van der Waals surface area contributed by atoms with E-state index in [-0.39, 0.29) is 28.5 Å². The molecule has 1 N–H and O–H groups in total. The maximum atomic E-state index is 13.2. The average Bonchev–Trinajstić information content (AvgIpc) is 2.91. The molecule has 0 aromatic heterocycles. The van der Waals surface area contributed by atoms with Gasteiger partial charge in [0.2, 0.25) is 9.84 Å². The molecule has 3 aromatic rings. The number of amides is 1. The third-order valence-electron chi connectivity index (χ3n) is 6.20. The molecule has 0 aliphatic rings. The summed E-state index contributed by atoms with van der Waals surface area (Å²) in [7, 11) is -3.82. The van der Waals surface area contributed by atoms with Crippen LogP contribution in [-0.2, 0) is 25.7 Å². The lowest BCUT2D eigenvalue weighted by atomic mass is 10.0. The van der Waals surface area contributed by atoms with E-state index in [0.717, 1.165) is 5.56 Å². The van der Waals surface area contributed by atoms with Crippen molar-refractivity contribution in [3.8, 4) is 0 Å². The lowest BCUT2D eigenvalue weighted by Gasteiger charge is -2.33. The molecule has 0 unspecified atom stereocenters. The molecular weight excluding hydrogens is 566 g/mol. The van der Waals surface area contributed by atoms with Crippen molar-refractivity contribution < 1.29 is 32.6 Å². The van der Waals surface area contributed by atoms with Crippen molar-refractivity contribution >= 4 is 33.5 Å². The van der Waals surface area contributed by atoms with Crippen LogP contribution in [0.2, 0.25) is 5.02 Å². The van der Waals surface area contributed by atoms with E-state index in [4.69, 9.17) is 21.1 Å². The molecule has 1 amide bonds. The molecule has 0 spiro atoms. The number of aliphatic hydroxyl groups is 1. The molecule has 0 saturated heterocycles. The highest BCUT2D eigenvalue weighted by Crippen LogP contribution is 2.25. The van der Waals surface area contributed by atoms with Gasteiger partial charge >= 0.3 is 12.1 Å². The van der Waals surface area contributed by atoms with Crippen molar-refractivity contribution in [1.29, 1.82) is 0 Å². The second-order valence-corrected chi connectivity index (χ2v) is 13.0. The number of carbonyl (C=O) groups is 2. The van der Waals surface area contributed by atoms with E-state index >= 15 is 0 Å². The quantitative estimate of drug-likeness (QED) is 0.273. The summed E-state index contributed by atoms with van der Waals surface area (Å²) in [5.41, 5.74) is 0.897. The Hall–Kier alpha value is -3.40. The summed E-state index contributed by atoms with van der Waals surface area (Å²) in [4.78, 5) is 26.6. The fourth-order valence-corrected chi connectivity index (χ4v) is 5.60. The van der Waals surface area contributed by atoms with Crippen molar-refractivity contribution in [3.05, 3.63) is 94.5 Å². The van der Waals surface area contributed by atoms with E-state index < -0.39 is 39.6 Å². The highest BCUT2D eigenvalue weighted by atomic mass is 35.5. The molecule has 10 heteroatoms. The van der Waals surface area contributed by atoms with Crippen LogP contribution in [0.3, 0.4) is 0 Å². The number of ether oxygens (including phenoxy) is 2. The lowest BCUT2D eigenvalue weighted by molar-refractivity contribution is 0.00546. The van der Waals surface area contributed by atoms with Crippen molar-refractivity contribution in [1.82, 2.24) is 4.90 Å². The summed E-state index contributed by atoms with van der Waals surface area (Å²) in [6.07, 6.45) is -1.18. The number of aliphatic hydroxyl groups excluding tert-OH is 1. The number of carbonyl (C=O) groups excluding carboxylic acids is 2. The molecular formula is C31H36ClNO7S. The number of rotatable bonds is 10. The highest BCUT2D eigenvalue weighted by molar-refractivity contribution is 7.91. The first-order chi connectivity index (χ1) is 19.2. The molecule has 3 aromatic carbocycles. The molecule has 0 bridgehead atoms. The van der Waals surface area contributed by atoms with E-state index in [2.05, 4.69) is 0 Å². The number of hydrogen-bond acceptors (Lipinski definition) is 7. The largest absolute Gasteiger partial charge is 0.462 e. The Morgan fingerprint density at radius 2 is 1.56 bits per heavy atom. The van der Waals surface area contributed by atoms with Gasteiger partial charge in [0.15, 0.2) is 0 Å². The first kappa shape index (κ1) is 32.1. The Morgan fingerprint density at radius 1 is 0.976 bits per heavy atom. The zero-order valence-electron chi connectivity index (χ0n) is 23.8. The van der Waals surface area contributed by atoms with Crippen LogP contribution in [0, 0.1) is 0 Å². The third kappa shape index (κ3) is 8.79. The van der Waals surface area contributed by atoms with Gasteiger partial charge in [-0.2, -0.15) is 0 Å². The normalized spacial score (nSPS) is 13.2. The molecule has 0 heterocycles. The Kier molecular flexibility index (Phi) is 10.6. The predicted octanol–water partition coefficient (Wildman–Crippen LogP) is 6.25. The molecule has 3 rings (SSSR count). The topological polar surface area (TPSA) is 110 Å². The van der Waals surface area contributed by atoms with Gasteiger partial charge < -0.3 is 19.5 Å². The van der Waals surface area contributed by atoms with Gasteiger partial charge in [-0.05, 0) is 101 Å². The first-order valence-electron chi connectivity index (χ1n) is 13.3. The maximum Gasteiger partial charge on any atom is 0.410 e. The summed E-state index contributed by atoms with van der Waals surface area (Å²) in [6, 6.07) is 18.4. The molecule has 0 aliphatic carbocycles. The number of hydrogen-bond donors (Lipinski definition) is 1. The van der Waals surface area contributed by atoms with Crippen molar-refractivity contribution in [2.24, 2.45) is 0 Å². The SMILES string of the molecule is CCOC(=O)c1ccc(S(=O)(=O)c2ccc(C[C@@H](C)N(C[C@H](O)c3cccc(Cl)c3)C(=O)OC(C)(C)C)cc2)cc1. The average molecular weight is 602 g/mol. The lowest BCUT2D eigenvalue weighted by Crippen LogP contribution is -2.45. The summed E-state index contributed by atoms with van der Waals surface area (Å²) in [5.74, 6) is -0.518. The van der Waals surface area contributed by atoms with Gasteiger partial charge in [0.25, 0.3) is 0 Å². The minimum Gasteiger partial charge on any atom is -0.462 e. The van der Waals surface area contributed by atoms with Gasteiger partial charge in [-0.15, -0.1) is 0 Å². The molecule has 0 radical (unpaired) electrons. The third-order valence-corrected chi connectivity index (χ3v) is 8.22. The van der Waals surface area contributed by atoms with Crippen LogP contribution in [0.1, 0.15) is 62.2 Å². The second kappa shape index (κ2) is 13.5.